The topological polar surface area (TPSA) is 50.8 Å². The van der Waals surface area contributed by atoms with Gasteiger partial charge in [-0.1, -0.05) is 11.6 Å². The standard InChI is InChI=1S/C22H23ClF4N2O3.ClH/c23-16-3-7-18(8-4-16)28-21(30)32-20(22(25,26)27)13-29-11-1-2-15(12-29)14-31-19-9-5-17(24)6-10-19;/h3-10,15,20H,1-2,11-14H2,(H,28,30);1H/t15?,20-;/m0./s1. The molecule has 3 rings (SSSR count). The molecule has 11 heteroatoms. The molecule has 1 aliphatic heterocycles. The Morgan fingerprint density at radius 1 is 1.15 bits per heavy atom. The molecule has 1 saturated heterocycles. The van der Waals surface area contributed by atoms with Crippen LogP contribution in [0.1, 0.15) is 12.8 Å². The van der Waals surface area contributed by atoms with Gasteiger partial charge in [0.2, 0.25) is 6.10 Å². The van der Waals surface area contributed by atoms with Gasteiger partial charge in [0.25, 0.3) is 0 Å². The highest BCUT2D eigenvalue weighted by Crippen LogP contribution is 2.27. The molecule has 2 aromatic rings. The van der Waals surface area contributed by atoms with Crippen molar-refractivity contribution in [2.45, 2.75) is 25.1 Å². The number of piperidine rings is 1. The molecule has 0 spiro atoms. The lowest BCUT2D eigenvalue weighted by molar-refractivity contribution is -0.207. The van der Waals surface area contributed by atoms with E-state index in [-0.39, 0.29) is 29.8 Å². The fourth-order valence-electron chi connectivity index (χ4n) is 3.45. The van der Waals surface area contributed by atoms with Gasteiger partial charge in [-0.05, 0) is 67.9 Å². The number of anilines is 1. The monoisotopic (exact) mass is 510 g/mol. The van der Waals surface area contributed by atoms with Crippen LogP contribution in [0.5, 0.6) is 5.75 Å². The maximum atomic E-state index is 13.5. The van der Waals surface area contributed by atoms with Crippen molar-refractivity contribution in [2.24, 2.45) is 5.92 Å². The van der Waals surface area contributed by atoms with Crippen molar-refractivity contribution >= 4 is 35.8 Å². The van der Waals surface area contributed by atoms with E-state index in [1.165, 1.54) is 48.5 Å². The van der Waals surface area contributed by atoms with Crippen LogP contribution in [0, 0.1) is 11.7 Å². The number of hydrogen-bond donors (Lipinski definition) is 1. The Labute approximate surface area is 200 Å². The second-order valence-electron chi connectivity index (χ2n) is 7.60. The fraction of sp³-hybridized carbons (Fsp3) is 0.409. The Kier molecular flexibility index (Phi) is 10.1. The number of rotatable bonds is 7. The van der Waals surface area contributed by atoms with Crippen LogP contribution in [-0.4, -0.2) is 49.5 Å². The quantitative estimate of drug-likeness (QED) is 0.452. The first-order valence-electron chi connectivity index (χ1n) is 10.1. The van der Waals surface area contributed by atoms with Gasteiger partial charge in [0.05, 0.1) is 6.61 Å². The first-order chi connectivity index (χ1) is 15.2. The first-order valence-corrected chi connectivity index (χ1v) is 10.5. The predicted octanol–water partition coefficient (Wildman–Crippen LogP) is 6.17. The van der Waals surface area contributed by atoms with E-state index in [0.717, 1.165) is 6.42 Å². The highest BCUT2D eigenvalue weighted by Gasteiger charge is 2.44. The van der Waals surface area contributed by atoms with Gasteiger partial charge >= 0.3 is 12.3 Å². The number of benzene rings is 2. The van der Waals surface area contributed by atoms with Crippen LogP contribution in [0.15, 0.2) is 48.5 Å². The molecule has 0 aromatic heterocycles. The van der Waals surface area contributed by atoms with E-state index >= 15 is 0 Å². The fourth-order valence-corrected chi connectivity index (χ4v) is 3.58. The summed E-state index contributed by atoms with van der Waals surface area (Å²) >= 11 is 5.75. The predicted molar refractivity (Wildman–Crippen MR) is 120 cm³/mol. The van der Waals surface area contributed by atoms with Crippen molar-refractivity contribution in [3.8, 4) is 5.75 Å². The number of hydrogen-bond acceptors (Lipinski definition) is 4. The second kappa shape index (κ2) is 12.3. The Morgan fingerprint density at radius 2 is 1.82 bits per heavy atom. The van der Waals surface area contributed by atoms with Crippen LogP contribution < -0.4 is 10.1 Å². The van der Waals surface area contributed by atoms with Crippen LogP contribution in [0.4, 0.5) is 28.0 Å². The summed E-state index contributed by atoms with van der Waals surface area (Å²) in [6, 6.07) is 11.5. The largest absolute Gasteiger partial charge is 0.493 e. The van der Waals surface area contributed by atoms with E-state index in [0.29, 0.717) is 36.9 Å². The van der Waals surface area contributed by atoms with E-state index in [1.807, 2.05) is 0 Å². The van der Waals surface area contributed by atoms with E-state index in [2.05, 4.69) is 5.32 Å². The van der Waals surface area contributed by atoms with Crippen LogP contribution in [0.25, 0.3) is 0 Å². The van der Waals surface area contributed by atoms with Crippen LogP contribution in [-0.2, 0) is 4.74 Å². The van der Waals surface area contributed by atoms with Crippen molar-refractivity contribution in [3.63, 3.8) is 0 Å². The van der Waals surface area contributed by atoms with Gasteiger partial charge in [-0.2, -0.15) is 13.2 Å². The number of nitrogens with zero attached hydrogens (tertiary/aromatic N) is 1. The van der Waals surface area contributed by atoms with Gasteiger partial charge in [-0.25, -0.2) is 9.18 Å². The zero-order valence-electron chi connectivity index (χ0n) is 17.5. The third kappa shape index (κ3) is 8.91. The second-order valence-corrected chi connectivity index (χ2v) is 8.04. The Morgan fingerprint density at radius 3 is 2.45 bits per heavy atom. The average molecular weight is 511 g/mol. The average Bonchev–Trinajstić information content (AvgIpc) is 2.74. The molecule has 1 N–H and O–H groups in total. The van der Waals surface area contributed by atoms with Gasteiger partial charge in [-0.3, -0.25) is 10.2 Å². The summed E-state index contributed by atoms with van der Waals surface area (Å²) in [5, 5.41) is 2.71. The maximum absolute atomic E-state index is 13.5. The minimum atomic E-state index is -4.71. The Bertz CT molecular complexity index is 883. The SMILES string of the molecule is Cl.O=C(Nc1ccc(Cl)cc1)O[C@@H](CN1CCCC(COc2ccc(F)cc2)C1)C(F)(F)F. The molecule has 1 heterocycles. The van der Waals surface area contributed by atoms with Crippen LogP contribution >= 0.6 is 24.0 Å². The van der Waals surface area contributed by atoms with E-state index in [4.69, 9.17) is 21.1 Å². The summed E-state index contributed by atoms with van der Waals surface area (Å²) in [5.41, 5.74) is 0.274. The minimum Gasteiger partial charge on any atom is -0.493 e. The number of halogens is 6. The normalized spacial score (nSPS) is 17.5. The molecule has 2 aromatic carbocycles. The van der Waals surface area contributed by atoms with Gasteiger partial charge in [-0.15, -0.1) is 12.4 Å². The molecule has 2 atom stereocenters. The van der Waals surface area contributed by atoms with E-state index in [9.17, 15) is 22.4 Å². The molecule has 1 aliphatic rings. The number of alkyl halides is 3. The van der Waals surface area contributed by atoms with Crippen LogP contribution in [0.3, 0.4) is 0 Å². The highest BCUT2D eigenvalue weighted by molar-refractivity contribution is 6.30. The number of carbonyl (C=O) groups excluding carboxylic acids is 1. The summed E-state index contributed by atoms with van der Waals surface area (Å²) in [6.07, 6.45) is -6.69. The molecule has 182 valence electrons. The van der Waals surface area contributed by atoms with Gasteiger partial charge in [0.15, 0.2) is 0 Å². The molecular weight excluding hydrogens is 487 g/mol. The summed E-state index contributed by atoms with van der Waals surface area (Å²) in [4.78, 5) is 13.6. The Balaban J connectivity index is 0.00000385. The molecule has 1 amide bonds. The molecule has 33 heavy (non-hydrogen) atoms. The van der Waals surface area contributed by atoms with Gasteiger partial charge in [0, 0.05) is 29.7 Å². The zero-order valence-corrected chi connectivity index (χ0v) is 19.1. The maximum Gasteiger partial charge on any atom is 0.426 e. The lowest BCUT2D eigenvalue weighted by atomic mass is 9.98. The lowest BCUT2D eigenvalue weighted by Gasteiger charge is -2.35. The number of nitrogens with one attached hydrogen (secondary N) is 1. The smallest absolute Gasteiger partial charge is 0.426 e. The lowest BCUT2D eigenvalue weighted by Crippen LogP contribution is -2.48. The third-order valence-corrected chi connectivity index (χ3v) is 5.28. The van der Waals surface area contributed by atoms with Crippen molar-refractivity contribution < 1.29 is 31.8 Å². The van der Waals surface area contributed by atoms with Crippen molar-refractivity contribution in [1.82, 2.24) is 4.90 Å². The van der Waals surface area contributed by atoms with E-state index in [1.54, 1.807) is 4.90 Å². The third-order valence-electron chi connectivity index (χ3n) is 5.03. The number of carbonyl (C=O) groups is 1. The molecule has 0 aliphatic carbocycles. The number of amides is 1. The van der Waals surface area contributed by atoms with E-state index < -0.39 is 24.9 Å². The minimum absolute atomic E-state index is 0. The molecule has 0 bridgehead atoms. The van der Waals surface area contributed by atoms with Crippen molar-refractivity contribution in [2.75, 3.05) is 31.6 Å². The van der Waals surface area contributed by atoms with Crippen LogP contribution in [0.2, 0.25) is 5.02 Å². The van der Waals surface area contributed by atoms with Gasteiger partial charge in [0.1, 0.15) is 11.6 Å². The molecule has 1 unspecified atom stereocenters. The molecule has 1 fully saturated rings. The molecule has 0 radical (unpaired) electrons. The van der Waals surface area contributed by atoms with Crippen molar-refractivity contribution in [3.05, 3.63) is 59.4 Å². The molecule has 5 nitrogen and oxygen atoms in total. The van der Waals surface area contributed by atoms with Gasteiger partial charge < -0.3 is 9.47 Å². The van der Waals surface area contributed by atoms with Crippen molar-refractivity contribution in [1.29, 1.82) is 0 Å². The number of likely N-dealkylation sites (tertiary alicyclic amines) is 1. The number of ether oxygens (including phenoxy) is 2. The molecule has 0 saturated carbocycles. The Hall–Kier alpha value is -2.23. The summed E-state index contributed by atoms with van der Waals surface area (Å²) in [7, 11) is 0. The summed E-state index contributed by atoms with van der Waals surface area (Å²) < 4.78 is 63.9. The summed E-state index contributed by atoms with van der Waals surface area (Å²) in [5.74, 6) is 0.129. The highest BCUT2D eigenvalue weighted by atomic mass is 35.5. The summed E-state index contributed by atoms with van der Waals surface area (Å²) in [6.45, 7) is 0.666. The molecular formula is C22H24Cl2F4N2O3. The zero-order chi connectivity index (χ0) is 23.1. The first kappa shape index (κ1) is 27.0.